The van der Waals surface area contributed by atoms with Gasteiger partial charge in [-0.25, -0.2) is 4.79 Å². The van der Waals surface area contributed by atoms with Crippen molar-refractivity contribution in [3.63, 3.8) is 0 Å². The summed E-state index contributed by atoms with van der Waals surface area (Å²) >= 11 is 0. The van der Waals surface area contributed by atoms with Crippen molar-refractivity contribution in [3.8, 4) is 0 Å². The zero-order valence-corrected chi connectivity index (χ0v) is 9.06. The highest BCUT2D eigenvalue weighted by atomic mass is 16.4. The van der Waals surface area contributed by atoms with Gasteiger partial charge in [0.1, 0.15) is 12.2 Å². The highest BCUT2D eigenvalue weighted by molar-refractivity contribution is 5.88. The fraction of sp³-hybridized carbons (Fsp3) is 0.455. The minimum Gasteiger partial charge on any atom is -0.477 e. The molecule has 1 fully saturated rings. The molecule has 0 unspecified atom stereocenters. The van der Waals surface area contributed by atoms with Gasteiger partial charge in [-0.05, 0) is 31.4 Å². The smallest absolute Gasteiger partial charge is 0.352 e. The van der Waals surface area contributed by atoms with Gasteiger partial charge >= 0.3 is 5.97 Å². The van der Waals surface area contributed by atoms with Crippen LogP contribution in [0.25, 0.3) is 0 Å². The molecule has 0 radical (unpaired) electrons. The van der Waals surface area contributed by atoms with E-state index in [0.717, 1.165) is 12.8 Å². The molecular weight excluding hydrogens is 208 g/mol. The number of nitrogens with one attached hydrogen (secondary N) is 1. The maximum Gasteiger partial charge on any atom is 0.352 e. The largest absolute Gasteiger partial charge is 0.477 e. The fourth-order valence-electron chi connectivity index (χ4n) is 1.66. The van der Waals surface area contributed by atoms with Gasteiger partial charge in [0.15, 0.2) is 0 Å². The van der Waals surface area contributed by atoms with Crippen LogP contribution >= 0.6 is 0 Å². The van der Waals surface area contributed by atoms with Crippen molar-refractivity contribution in [2.45, 2.75) is 32.4 Å². The lowest BCUT2D eigenvalue weighted by Gasteiger charge is -2.07. The van der Waals surface area contributed by atoms with Crippen LogP contribution in [0.2, 0.25) is 0 Å². The van der Waals surface area contributed by atoms with Crippen molar-refractivity contribution >= 4 is 11.9 Å². The molecule has 5 heteroatoms. The standard InChI is InChI=1S/C11H14N2O3/c1-7-4-5-13(10(7)11(15)16)6-9(14)12-8-2-3-8/h4-5,8H,2-3,6H2,1H3,(H,12,14)(H,15,16). The third-order valence-corrected chi connectivity index (χ3v) is 2.62. The number of amides is 1. The minimum absolute atomic E-state index is 0.0754. The number of hydrogen-bond acceptors (Lipinski definition) is 2. The molecule has 0 saturated heterocycles. The molecule has 0 aliphatic heterocycles. The average Bonchev–Trinajstić information content (AvgIpc) is 2.90. The maximum absolute atomic E-state index is 11.5. The number of nitrogens with zero attached hydrogens (tertiary/aromatic N) is 1. The second-order valence-corrected chi connectivity index (χ2v) is 4.12. The minimum atomic E-state index is -0.998. The molecule has 1 aromatic rings. The molecule has 1 amide bonds. The van der Waals surface area contributed by atoms with Gasteiger partial charge in [-0.2, -0.15) is 0 Å². The van der Waals surface area contributed by atoms with Crippen molar-refractivity contribution < 1.29 is 14.7 Å². The summed E-state index contributed by atoms with van der Waals surface area (Å²) in [6.45, 7) is 1.80. The van der Waals surface area contributed by atoms with E-state index in [1.165, 1.54) is 4.57 Å². The molecule has 1 saturated carbocycles. The predicted octanol–water partition coefficient (Wildman–Crippen LogP) is 0.773. The van der Waals surface area contributed by atoms with Crippen LogP contribution in [-0.4, -0.2) is 27.6 Å². The molecule has 16 heavy (non-hydrogen) atoms. The zero-order valence-electron chi connectivity index (χ0n) is 9.06. The Morgan fingerprint density at radius 1 is 1.56 bits per heavy atom. The summed E-state index contributed by atoms with van der Waals surface area (Å²) in [5.74, 6) is -1.12. The van der Waals surface area contributed by atoms with Crippen LogP contribution in [0.1, 0.15) is 28.9 Å². The van der Waals surface area contributed by atoms with E-state index in [0.29, 0.717) is 11.6 Å². The second kappa shape index (κ2) is 4.00. The third-order valence-electron chi connectivity index (χ3n) is 2.62. The molecule has 1 aliphatic carbocycles. The normalized spacial score (nSPS) is 14.8. The lowest BCUT2D eigenvalue weighted by molar-refractivity contribution is -0.121. The molecular formula is C11H14N2O3. The van der Waals surface area contributed by atoms with E-state index in [2.05, 4.69) is 5.32 Å². The van der Waals surface area contributed by atoms with Crippen LogP contribution in [0.3, 0.4) is 0 Å². The Balaban J connectivity index is 2.07. The van der Waals surface area contributed by atoms with Crippen LogP contribution in [0.4, 0.5) is 0 Å². The van der Waals surface area contributed by atoms with Crippen molar-refractivity contribution in [1.82, 2.24) is 9.88 Å². The highest BCUT2D eigenvalue weighted by Gasteiger charge is 2.24. The summed E-state index contributed by atoms with van der Waals surface area (Å²) in [6.07, 6.45) is 3.69. The van der Waals surface area contributed by atoms with Crippen molar-refractivity contribution in [2.75, 3.05) is 0 Å². The van der Waals surface area contributed by atoms with Crippen molar-refractivity contribution in [2.24, 2.45) is 0 Å². The molecule has 1 aromatic heterocycles. The Bertz CT molecular complexity index is 432. The van der Waals surface area contributed by atoms with Gasteiger partial charge in [-0.15, -0.1) is 0 Å². The van der Waals surface area contributed by atoms with Gasteiger partial charge < -0.3 is 15.0 Å². The second-order valence-electron chi connectivity index (χ2n) is 4.12. The molecule has 0 spiro atoms. The fourth-order valence-corrected chi connectivity index (χ4v) is 1.66. The summed E-state index contributed by atoms with van der Waals surface area (Å²) in [6, 6.07) is 2.01. The van der Waals surface area contributed by atoms with Gasteiger partial charge in [-0.3, -0.25) is 4.79 Å². The molecule has 1 aliphatic rings. The molecule has 0 atom stereocenters. The van der Waals surface area contributed by atoms with E-state index in [1.54, 1.807) is 19.2 Å². The molecule has 2 rings (SSSR count). The van der Waals surface area contributed by atoms with Crippen LogP contribution in [0, 0.1) is 6.92 Å². The number of carbonyl (C=O) groups is 2. The Kier molecular flexibility index (Phi) is 2.68. The Hall–Kier alpha value is -1.78. The van der Waals surface area contributed by atoms with Crippen LogP contribution in [-0.2, 0) is 11.3 Å². The van der Waals surface area contributed by atoms with Gasteiger partial charge in [0, 0.05) is 12.2 Å². The Morgan fingerprint density at radius 3 is 2.81 bits per heavy atom. The molecule has 0 aromatic carbocycles. The van der Waals surface area contributed by atoms with E-state index in [9.17, 15) is 9.59 Å². The van der Waals surface area contributed by atoms with Gasteiger partial charge in [-0.1, -0.05) is 0 Å². The molecule has 1 heterocycles. The lowest BCUT2D eigenvalue weighted by atomic mass is 10.3. The van der Waals surface area contributed by atoms with Crippen LogP contribution < -0.4 is 5.32 Å². The van der Waals surface area contributed by atoms with Gasteiger partial charge in [0.25, 0.3) is 0 Å². The number of rotatable bonds is 4. The first-order valence-corrected chi connectivity index (χ1v) is 5.26. The van der Waals surface area contributed by atoms with Gasteiger partial charge in [0.05, 0.1) is 0 Å². The third kappa shape index (κ3) is 2.24. The topological polar surface area (TPSA) is 71.3 Å². The maximum atomic E-state index is 11.5. The monoisotopic (exact) mass is 222 g/mol. The van der Waals surface area contributed by atoms with E-state index >= 15 is 0 Å². The van der Waals surface area contributed by atoms with E-state index in [1.807, 2.05) is 0 Å². The highest BCUT2D eigenvalue weighted by Crippen LogP contribution is 2.18. The predicted molar refractivity (Wildman–Crippen MR) is 57.3 cm³/mol. The first-order valence-electron chi connectivity index (χ1n) is 5.26. The number of hydrogen-bond donors (Lipinski definition) is 2. The summed E-state index contributed by atoms with van der Waals surface area (Å²) in [4.78, 5) is 22.5. The van der Waals surface area contributed by atoms with E-state index in [-0.39, 0.29) is 18.1 Å². The molecule has 2 N–H and O–H groups in total. The number of aryl methyl sites for hydroxylation is 1. The number of carboxylic acids is 1. The van der Waals surface area contributed by atoms with Gasteiger partial charge in [0.2, 0.25) is 5.91 Å². The first-order chi connectivity index (χ1) is 7.58. The lowest BCUT2D eigenvalue weighted by Crippen LogP contribution is -2.30. The summed E-state index contributed by atoms with van der Waals surface area (Å²) in [5, 5.41) is 11.8. The number of carbonyl (C=O) groups excluding carboxylic acids is 1. The van der Waals surface area contributed by atoms with Crippen molar-refractivity contribution in [1.29, 1.82) is 0 Å². The Morgan fingerprint density at radius 2 is 2.25 bits per heavy atom. The number of aromatic carboxylic acids is 1. The number of carboxylic acid groups (broad SMARTS) is 1. The van der Waals surface area contributed by atoms with Crippen molar-refractivity contribution in [3.05, 3.63) is 23.5 Å². The first kappa shape index (κ1) is 10.7. The quantitative estimate of drug-likeness (QED) is 0.790. The average molecular weight is 222 g/mol. The van der Waals surface area contributed by atoms with E-state index in [4.69, 9.17) is 5.11 Å². The van der Waals surface area contributed by atoms with E-state index < -0.39 is 5.97 Å². The summed E-state index contributed by atoms with van der Waals surface area (Å²) in [7, 11) is 0. The summed E-state index contributed by atoms with van der Waals surface area (Å²) < 4.78 is 1.47. The number of aromatic nitrogens is 1. The van der Waals surface area contributed by atoms with Crippen LogP contribution in [0.15, 0.2) is 12.3 Å². The SMILES string of the molecule is Cc1ccn(CC(=O)NC2CC2)c1C(=O)O. The Labute approximate surface area is 93.1 Å². The summed E-state index contributed by atoms with van der Waals surface area (Å²) in [5.41, 5.74) is 0.859. The zero-order chi connectivity index (χ0) is 11.7. The molecule has 0 bridgehead atoms. The molecule has 86 valence electrons. The van der Waals surface area contributed by atoms with Crippen LogP contribution in [0.5, 0.6) is 0 Å². The molecule has 5 nitrogen and oxygen atoms in total.